The van der Waals surface area contributed by atoms with E-state index in [-0.39, 0.29) is 18.3 Å². The molecule has 1 fully saturated rings. The molecule has 1 rings (SSSR count). The van der Waals surface area contributed by atoms with Crippen molar-refractivity contribution in [1.82, 2.24) is 0 Å². The predicted molar refractivity (Wildman–Crippen MR) is 63.4 cm³/mol. The summed E-state index contributed by atoms with van der Waals surface area (Å²) in [6, 6.07) is 0. The first kappa shape index (κ1) is 14.4. The van der Waals surface area contributed by atoms with Crippen molar-refractivity contribution in [2.75, 3.05) is 25.6 Å². The summed E-state index contributed by atoms with van der Waals surface area (Å²) in [6.45, 7) is 5.69. The first-order valence-corrected chi connectivity index (χ1v) is 7.43. The molecule has 0 unspecified atom stereocenters. The summed E-state index contributed by atoms with van der Waals surface area (Å²) in [4.78, 5) is 11.7. The van der Waals surface area contributed by atoms with E-state index < -0.39 is 20.6 Å². The number of carbonyl (C=O) groups excluding carboxylic acids is 1. The molecule has 0 spiro atoms. The van der Waals surface area contributed by atoms with Gasteiger partial charge in [0.2, 0.25) is 0 Å². The first-order chi connectivity index (χ1) is 7.81. The lowest BCUT2D eigenvalue weighted by atomic mass is 10.2. The molecular weight excluding hydrogens is 244 g/mol. The molecule has 0 radical (unpaired) electrons. The van der Waals surface area contributed by atoms with Crippen molar-refractivity contribution in [2.24, 2.45) is 5.92 Å². The Morgan fingerprint density at radius 3 is 2.59 bits per heavy atom. The smallest absolute Gasteiger partial charge is 0.326 e. The van der Waals surface area contributed by atoms with Crippen LogP contribution in [0.4, 0.5) is 0 Å². The maximum atomic E-state index is 12.2. The van der Waals surface area contributed by atoms with E-state index in [1.165, 1.54) is 13.8 Å². The predicted octanol–water partition coefficient (Wildman–Crippen LogP) is 0.779. The minimum absolute atomic E-state index is 0.00583. The van der Waals surface area contributed by atoms with Crippen LogP contribution in [0.3, 0.4) is 0 Å². The highest BCUT2D eigenvalue weighted by molar-refractivity contribution is 7.93. The molecule has 1 atom stereocenters. The van der Waals surface area contributed by atoms with E-state index in [9.17, 15) is 13.2 Å². The van der Waals surface area contributed by atoms with Crippen molar-refractivity contribution in [2.45, 2.75) is 31.9 Å². The van der Waals surface area contributed by atoms with Gasteiger partial charge in [-0.2, -0.15) is 0 Å². The maximum Gasteiger partial charge on any atom is 0.326 e. The largest absolute Gasteiger partial charge is 0.465 e. The molecule has 0 saturated carbocycles. The summed E-state index contributed by atoms with van der Waals surface area (Å²) in [5.41, 5.74) is 0. The molecule has 0 aromatic heterocycles. The normalized spacial score (nSPS) is 21.5. The molecule has 1 aliphatic heterocycles. The Balaban J connectivity index is 2.76. The van der Waals surface area contributed by atoms with Gasteiger partial charge in [0.1, 0.15) is 0 Å². The summed E-state index contributed by atoms with van der Waals surface area (Å²) in [7, 11) is -3.52. The molecule has 0 aromatic carbocycles. The van der Waals surface area contributed by atoms with Gasteiger partial charge in [-0.1, -0.05) is 0 Å². The van der Waals surface area contributed by atoms with Gasteiger partial charge in [0.05, 0.1) is 19.0 Å². The molecule has 1 aliphatic rings. The average molecular weight is 264 g/mol. The van der Waals surface area contributed by atoms with Gasteiger partial charge in [0, 0.05) is 6.61 Å². The lowest BCUT2D eigenvalue weighted by Gasteiger charge is -2.23. The number of rotatable bonds is 5. The van der Waals surface area contributed by atoms with Gasteiger partial charge in [-0.15, -0.1) is 0 Å². The van der Waals surface area contributed by atoms with E-state index >= 15 is 0 Å². The van der Waals surface area contributed by atoms with Crippen molar-refractivity contribution in [3.63, 3.8) is 0 Å². The topological polar surface area (TPSA) is 69.7 Å². The SMILES string of the molecule is CCOC(=O)C(C)(C)S(=O)(=O)C[C@H]1CCOC1. The fourth-order valence-corrected chi connectivity index (χ4v) is 3.28. The molecule has 1 heterocycles. The number of sulfone groups is 1. The Hall–Kier alpha value is -0.620. The number of hydrogen-bond donors (Lipinski definition) is 0. The molecular formula is C11H20O5S. The van der Waals surface area contributed by atoms with Gasteiger partial charge in [-0.05, 0) is 33.1 Å². The van der Waals surface area contributed by atoms with Crippen molar-refractivity contribution < 1.29 is 22.7 Å². The summed E-state index contributed by atoms with van der Waals surface area (Å²) >= 11 is 0. The highest BCUT2D eigenvalue weighted by atomic mass is 32.2. The lowest BCUT2D eigenvalue weighted by Crippen LogP contribution is -2.44. The van der Waals surface area contributed by atoms with Gasteiger partial charge in [-0.25, -0.2) is 8.42 Å². The zero-order chi connectivity index (χ0) is 13.1. The second-order valence-electron chi connectivity index (χ2n) is 4.74. The third kappa shape index (κ3) is 3.19. The zero-order valence-electron chi connectivity index (χ0n) is 10.6. The molecule has 5 nitrogen and oxygen atoms in total. The molecule has 0 aliphatic carbocycles. The Labute approximate surface area is 102 Å². The van der Waals surface area contributed by atoms with E-state index in [2.05, 4.69) is 0 Å². The fraction of sp³-hybridized carbons (Fsp3) is 0.909. The Bertz CT molecular complexity index is 365. The Morgan fingerprint density at radius 2 is 2.12 bits per heavy atom. The minimum atomic E-state index is -3.52. The quantitative estimate of drug-likeness (QED) is 0.686. The van der Waals surface area contributed by atoms with Crippen molar-refractivity contribution in [3.05, 3.63) is 0 Å². The van der Waals surface area contributed by atoms with Gasteiger partial charge in [-0.3, -0.25) is 4.79 Å². The number of esters is 1. The van der Waals surface area contributed by atoms with Crippen molar-refractivity contribution in [3.8, 4) is 0 Å². The average Bonchev–Trinajstić information content (AvgIpc) is 2.69. The summed E-state index contributed by atoms with van der Waals surface area (Å²) in [5, 5.41) is 0. The second kappa shape index (κ2) is 5.35. The third-order valence-electron chi connectivity index (χ3n) is 3.02. The van der Waals surface area contributed by atoms with Crippen LogP contribution in [0.15, 0.2) is 0 Å². The van der Waals surface area contributed by atoms with Gasteiger partial charge < -0.3 is 9.47 Å². The van der Waals surface area contributed by atoms with Gasteiger partial charge in [0.25, 0.3) is 0 Å². The highest BCUT2D eigenvalue weighted by Crippen LogP contribution is 2.24. The van der Waals surface area contributed by atoms with E-state index in [1.54, 1.807) is 6.92 Å². The molecule has 1 saturated heterocycles. The van der Waals surface area contributed by atoms with Crippen LogP contribution in [-0.2, 0) is 24.1 Å². The van der Waals surface area contributed by atoms with Crippen LogP contribution in [0.2, 0.25) is 0 Å². The zero-order valence-corrected chi connectivity index (χ0v) is 11.4. The van der Waals surface area contributed by atoms with Crippen LogP contribution in [0, 0.1) is 5.92 Å². The molecule has 17 heavy (non-hydrogen) atoms. The van der Waals surface area contributed by atoms with Gasteiger partial charge in [0.15, 0.2) is 14.6 Å². The first-order valence-electron chi connectivity index (χ1n) is 5.78. The molecule has 6 heteroatoms. The minimum Gasteiger partial charge on any atom is -0.465 e. The molecule has 0 N–H and O–H groups in total. The fourth-order valence-electron chi connectivity index (χ4n) is 1.67. The van der Waals surface area contributed by atoms with Crippen molar-refractivity contribution in [1.29, 1.82) is 0 Å². The Morgan fingerprint density at radius 1 is 1.47 bits per heavy atom. The van der Waals surface area contributed by atoms with Gasteiger partial charge >= 0.3 is 5.97 Å². The number of hydrogen-bond acceptors (Lipinski definition) is 5. The Kier molecular flexibility index (Phi) is 4.55. The standard InChI is InChI=1S/C11H20O5S/c1-4-16-10(12)11(2,3)17(13,14)8-9-5-6-15-7-9/h9H,4-8H2,1-3H3/t9-/m0/s1. The summed E-state index contributed by atoms with van der Waals surface area (Å²) in [5.74, 6) is -0.702. The van der Waals surface area contributed by atoms with E-state index in [0.29, 0.717) is 13.2 Å². The highest BCUT2D eigenvalue weighted by Gasteiger charge is 2.44. The molecule has 0 bridgehead atoms. The third-order valence-corrected chi connectivity index (χ3v) is 5.66. The lowest BCUT2D eigenvalue weighted by molar-refractivity contribution is -0.145. The summed E-state index contributed by atoms with van der Waals surface area (Å²) in [6.07, 6.45) is 0.734. The van der Waals surface area contributed by atoms with Crippen LogP contribution >= 0.6 is 0 Å². The van der Waals surface area contributed by atoms with E-state index in [0.717, 1.165) is 6.42 Å². The van der Waals surface area contributed by atoms with E-state index in [1.807, 2.05) is 0 Å². The monoisotopic (exact) mass is 264 g/mol. The summed E-state index contributed by atoms with van der Waals surface area (Å²) < 4.78 is 32.8. The van der Waals surface area contributed by atoms with Crippen LogP contribution in [0.5, 0.6) is 0 Å². The van der Waals surface area contributed by atoms with Crippen LogP contribution in [-0.4, -0.2) is 44.7 Å². The maximum absolute atomic E-state index is 12.2. The van der Waals surface area contributed by atoms with E-state index in [4.69, 9.17) is 9.47 Å². The molecule has 0 aromatic rings. The molecule has 100 valence electrons. The van der Waals surface area contributed by atoms with Crippen LogP contribution in [0.1, 0.15) is 27.2 Å². The number of ether oxygens (including phenoxy) is 2. The van der Waals surface area contributed by atoms with Crippen LogP contribution < -0.4 is 0 Å². The van der Waals surface area contributed by atoms with Crippen LogP contribution in [0.25, 0.3) is 0 Å². The molecule has 0 amide bonds. The van der Waals surface area contributed by atoms with Crippen molar-refractivity contribution >= 4 is 15.8 Å². The number of carbonyl (C=O) groups is 1. The second-order valence-corrected chi connectivity index (χ2v) is 7.33.